The van der Waals surface area contributed by atoms with Crippen LogP contribution in [0, 0.1) is 0 Å². The second kappa shape index (κ2) is 4.06. The lowest BCUT2D eigenvalue weighted by Gasteiger charge is -2.11. The number of hydrogen-bond acceptors (Lipinski definition) is 5. The molecule has 0 radical (unpaired) electrons. The Morgan fingerprint density at radius 2 is 2.07 bits per heavy atom. The van der Waals surface area contributed by atoms with Gasteiger partial charge in [-0.1, -0.05) is 27.7 Å². The van der Waals surface area contributed by atoms with Crippen LogP contribution in [-0.2, 0) is 5.41 Å². The first kappa shape index (κ1) is 11.1. The molecule has 5 nitrogen and oxygen atoms in total. The molecule has 0 saturated heterocycles. The van der Waals surface area contributed by atoms with Gasteiger partial charge in [-0.05, 0) is 6.54 Å². The predicted molar refractivity (Wildman–Crippen MR) is 51.6 cm³/mol. The smallest absolute Gasteiger partial charge is 0.259 e. The summed E-state index contributed by atoms with van der Waals surface area (Å²) in [5.74, 6) is 0.751. The molecule has 1 atom stereocenters. The molecule has 1 unspecified atom stereocenters. The lowest BCUT2D eigenvalue weighted by Crippen LogP contribution is -2.20. The Bertz CT molecular complexity index is 290. The zero-order chi connectivity index (χ0) is 10.8. The first-order valence-corrected chi connectivity index (χ1v) is 4.70. The summed E-state index contributed by atoms with van der Waals surface area (Å²) >= 11 is 0. The maximum absolute atomic E-state index is 9.49. The second-order valence-corrected chi connectivity index (χ2v) is 4.16. The number of aliphatic hydroxyl groups is 1. The number of rotatable bonds is 3. The summed E-state index contributed by atoms with van der Waals surface area (Å²) in [5.41, 5.74) is -0.183. The minimum absolute atomic E-state index is 0.183. The zero-order valence-corrected chi connectivity index (χ0v) is 9.03. The number of aliphatic hydroxyl groups excluding tert-OH is 1. The number of hydrogen-bond donors (Lipinski definition) is 2. The summed E-state index contributed by atoms with van der Waals surface area (Å²) in [6.45, 7) is 8.47. The summed E-state index contributed by atoms with van der Waals surface area (Å²) in [5, 5.41) is 19.9. The molecule has 0 saturated carbocycles. The molecule has 0 bridgehead atoms. The van der Waals surface area contributed by atoms with Crippen molar-refractivity contribution in [3.05, 3.63) is 11.8 Å². The van der Waals surface area contributed by atoms with Gasteiger partial charge in [-0.15, -0.1) is 10.2 Å². The van der Waals surface area contributed by atoms with Gasteiger partial charge in [0, 0.05) is 5.41 Å². The van der Waals surface area contributed by atoms with Gasteiger partial charge < -0.3 is 9.52 Å². The monoisotopic (exact) mass is 199 g/mol. The molecular formula is C9H17N3O2. The molecule has 2 N–H and O–H groups in total. The van der Waals surface area contributed by atoms with E-state index >= 15 is 0 Å². The normalized spacial score (nSPS) is 14.4. The molecule has 1 aromatic rings. The van der Waals surface area contributed by atoms with Crippen molar-refractivity contribution in [2.45, 2.75) is 39.3 Å². The minimum Gasteiger partial charge on any atom is -0.420 e. The highest BCUT2D eigenvalue weighted by molar-refractivity contribution is 4.96. The fourth-order valence-corrected chi connectivity index (χ4v) is 0.929. The quantitative estimate of drug-likeness (QED) is 0.710. The van der Waals surface area contributed by atoms with Crippen molar-refractivity contribution in [3.8, 4) is 0 Å². The molecule has 1 heterocycles. The van der Waals surface area contributed by atoms with Gasteiger partial charge in [0.1, 0.15) is 0 Å². The van der Waals surface area contributed by atoms with Gasteiger partial charge in [0.2, 0.25) is 5.89 Å². The van der Waals surface area contributed by atoms with Gasteiger partial charge >= 0.3 is 0 Å². The number of nitrogens with one attached hydrogen (secondary N) is 1. The topological polar surface area (TPSA) is 71.2 Å². The van der Waals surface area contributed by atoms with E-state index in [9.17, 15) is 5.11 Å². The molecule has 0 aliphatic carbocycles. The van der Waals surface area contributed by atoms with Crippen molar-refractivity contribution >= 4 is 0 Å². The lowest BCUT2D eigenvalue weighted by molar-refractivity contribution is 0.107. The maximum atomic E-state index is 9.49. The highest BCUT2D eigenvalue weighted by Gasteiger charge is 2.23. The van der Waals surface area contributed by atoms with E-state index in [2.05, 4.69) is 15.5 Å². The van der Waals surface area contributed by atoms with Crippen molar-refractivity contribution in [1.29, 1.82) is 0 Å². The largest absolute Gasteiger partial charge is 0.420 e. The summed E-state index contributed by atoms with van der Waals surface area (Å²) in [6.07, 6.45) is -0.872. The highest BCUT2D eigenvalue weighted by Crippen LogP contribution is 2.21. The summed E-state index contributed by atoms with van der Waals surface area (Å²) in [6, 6.07) is 0. The molecular weight excluding hydrogens is 182 g/mol. The summed E-state index contributed by atoms with van der Waals surface area (Å²) in [4.78, 5) is 0. The van der Waals surface area contributed by atoms with Crippen LogP contribution in [0.25, 0.3) is 0 Å². The average molecular weight is 199 g/mol. The van der Waals surface area contributed by atoms with Gasteiger partial charge in [0.15, 0.2) is 6.23 Å². The van der Waals surface area contributed by atoms with Crippen LogP contribution in [0.2, 0.25) is 0 Å². The Hall–Kier alpha value is -0.940. The first-order chi connectivity index (χ1) is 6.45. The van der Waals surface area contributed by atoms with E-state index in [-0.39, 0.29) is 11.3 Å². The van der Waals surface area contributed by atoms with Crippen LogP contribution in [0.3, 0.4) is 0 Å². The molecule has 0 fully saturated rings. The van der Waals surface area contributed by atoms with Crippen molar-refractivity contribution in [2.75, 3.05) is 6.54 Å². The fraction of sp³-hybridized carbons (Fsp3) is 0.778. The van der Waals surface area contributed by atoms with Gasteiger partial charge in [-0.2, -0.15) is 0 Å². The van der Waals surface area contributed by atoms with E-state index in [4.69, 9.17) is 4.42 Å². The van der Waals surface area contributed by atoms with Gasteiger partial charge in [0.05, 0.1) is 0 Å². The van der Waals surface area contributed by atoms with Crippen LogP contribution >= 0.6 is 0 Å². The van der Waals surface area contributed by atoms with Crippen LogP contribution in [-0.4, -0.2) is 21.8 Å². The van der Waals surface area contributed by atoms with E-state index in [0.717, 1.165) is 0 Å². The molecule has 0 spiro atoms. The van der Waals surface area contributed by atoms with E-state index in [1.54, 1.807) is 0 Å². The third-order valence-corrected chi connectivity index (χ3v) is 1.71. The molecule has 1 aromatic heterocycles. The Morgan fingerprint density at radius 3 is 2.50 bits per heavy atom. The van der Waals surface area contributed by atoms with Crippen molar-refractivity contribution in [1.82, 2.24) is 15.5 Å². The Morgan fingerprint density at radius 1 is 1.43 bits per heavy atom. The molecule has 1 rings (SSSR count). The van der Waals surface area contributed by atoms with E-state index < -0.39 is 6.23 Å². The summed E-state index contributed by atoms with van der Waals surface area (Å²) < 4.78 is 5.33. The number of aromatic nitrogens is 2. The van der Waals surface area contributed by atoms with Crippen LogP contribution in [0.5, 0.6) is 0 Å². The Balaban J connectivity index is 2.78. The fourth-order valence-electron chi connectivity index (χ4n) is 0.929. The average Bonchev–Trinajstić information content (AvgIpc) is 2.51. The van der Waals surface area contributed by atoms with Crippen LogP contribution in [0.1, 0.15) is 45.7 Å². The minimum atomic E-state index is -0.872. The highest BCUT2D eigenvalue weighted by atomic mass is 16.4. The first-order valence-electron chi connectivity index (χ1n) is 4.70. The molecule has 80 valence electrons. The van der Waals surface area contributed by atoms with Gasteiger partial charge in [-0.25, -0.2) is 0 Å². The summed E-state index contributed by atoms with van der Waals surface area (Å²) in [7, 11) is 0. The zero-order valence-electron chi connectivity index (χ0n) is 9.03. The van der Waals surface area contributed by atoms with Crippen molar-refractivity contribution in [2.24, 2.45) is 0 Å². The van der Waals surface area contributed by atoms with E-state index in [1.807, 2.05) is 27.7 Å². The SMILES string of the molecule is CCNC(O)c1nnc(C(C)(C)C)o1. The van der Waals surface area contributed by atoms with E-state index in [1.165, 1.54) is 0 Å². The van der Waals surface area contributed by atoms with Crippen molar-refractivity contribution in [3.63, 3.8) is 0 Å². The number of nitrogens with zero attached hydrogens (tertiary/aromatic N) is 2. The molecule has 0 aromatic carbocycles. The lowest BCUT2D eigenvalue weighted by atomic mass is 9.97. The Labute approximate surface area is 83.5 Å². The standard InChI is InChI=1S/C9H17N3O2/c1-5-10-6(13)7-11-12-8(14-7)9(2,3)4/h6,10,13H,5H2,1-4H3. The second-order valence-electron chi connectivity index (χ2n) is 4.16. The van der Waals surface area contributed by atoms with Gasteiger partial charge in [-0.3, -0.25) is 5.32 Å². The Kier molecular flexibility index (Phi) is 3.23. The van der Waals surface area contributed by atoms with Crippen molar-refractivity contribution < 1.29 is 9.52 Å². The van der Waals surface area contributed by atoms with Crippen LogP contribution in [0.15, 0.2) is 4.42 Å². The molecule has 14 heavy (non-hydrogen) atoms. The predicted octanol–water partition coefficient (Wildman–Crippen LogP) is 0.968. The molecule has 0 amide bonds. The maximum Gasteiger partial charge on any atom is 0.259 e. The van der Waals surface area contributed by atoms with Crippen LogP contribution < -0.4 is 5.32 Å². The molecule has 0 aliphatic rings. The van der Waals surface area contributed by atoms with Gasteiger partial charge in [0.25, 0.3) is 5.89 Å². The molecule has 0 aliphatic heterocycles. The third-order valence-electron chi connectivity index (χ3n) is 1.71. The molecule has 5 heteroatoms. The third kappa shape index (κ3) is 2.52. The van der Waals surface area contributed by atoms with E-state index in [0.29, 0.717) is 12.4 Å². The van der Waals surface area contributed by atoms with Crippen LogP contribution in [0.4, 0.5) is 0 Å².